The van der Waals surface area contributed by atoms with E-state index in [0.29, 0.717) is 31.1 Å². The highest BCUT2D eigenvalue weighted by Gasteiger charge is 2.27. The molecule has 1 aliphatic carbocycles. The van der Waals surface area contributed by atoms with E-state index in [1.165, 1.54) is 0 Å². The molecule has 7 nitrogen and oxygen atoms in total. The standard InChI is InChI=1S/C22H25N3O4/c1-3-28-16-7-4-6-15(12-16)23-22-18-10-14-11-20(29-9-5-8-26)19(27-2)13-17(14)21(18)24-25-22/h4,6-7,11-13,26H,3,5,8-10H2,1-2H3,(H2,23,24,25). The number of rotatable bonds is 9. The van der Waals surface area contributed by atoms with Gasteiger partial charge in [0.25, 0.3) is 0 Å². The van der Waals surface area contributed by atoms with E-state index < -0.39 is 0 Å². The highest BCUT2D eigenvalue weighted by molar-refractivity contribution is 5.81. The van der Waals surface area contributed by atoms with Gasteiger partial charge in [-0.15, -0.1) is 0 Å². The Morgan fingerprint density at radius 1 is 1.17 bits per heavy atom. The number of aliphatic hydroxyl groups excluding tert-OH is 1. The van der Waals surface area contributed by atoms with Crippen molar-refractivity contribution in [3.63, 3.8) is 0 Å². The van der Waals surface area contributed by atoms with E-state index in [1.54, 1.807) is 7.11 Å². The van der Waals surface area contributed by atoms with Crippen molar-refractivity contribution >= 4 is 11.5 Å². The maximum absolute atomic E-state index is 8.98. The van der Waals surface area contributed by atoms with Crippen molar-refractivity contribution in [2.24, 2.45) is 0 Å². The maximum atomic E-state index is 8.98. The van der Waals surface area contributed by atoms with Crippen LogP contribution in [-0.4, -0.2) is 42.2 Å². The van der Waals surface area contributed by atoms with Gasteiger partial charge in [-0.1, -0.05) is 6.07 Å². The number of ether oxygens (including phenoxy) is 3. The molecule has 0 aliphatic heterocycles. The second kappa shape index (κ2) is 8.45. The van der Waals surface area contributed by atoms with Crippen LogP contribution in [0.2, 0.25) is 0 Å². The quantitative estimate of drug-likeness (QED) is 0.373. The summed E-state index contributed by atoms with van der Waals surface area (Å²) >= 11 is 0. The number of hydrogen-bond acceptors (Lipinski definition) is 6. The first-order valence-corrected chi connectivity index (χ1v) is 9.75. The lowest BCUT2D eigenvalue weighted by Gasteiger charge is -2.12. The number of benzene rings is 2. The van der Waals surface area contributed by atoms with E-state index in [-0.39, 0.29) is 6.61 Å². The van der Waals surface area contributed by atoms with Gasteiger partial charge < -0.3 is 24.6 Å². The van der Waals surface area contributed by atoms with Crippen LogP contribution in [0, 0.1) is 0 Å². The molecule has 2 aromatic carbocycles. The summed E-state index contributed by atoms with van der Waals surface area (Å²) in [5.74, 6) is 2.98. The Kier molecular flexibility index (Phi) is 5.57. The Bertz CT molecular complexity index is 1000. The van der Waals surface area contributed by atoms with Crippen molar-refractivity contribution in [2.75, 3.05) is 32.2 Å². The third-order valence-corrected chi connectivity index (χ3v) is 4.86. The summed E-state index contributed by atoms with van der Waals surface area (Å²) in [6.07, 6.45) is 1.33. The first kappa shape index (κ1) is 19.1. The molecule has 4 rings (SSSR count). The molecule has 3 aromatic rings. The fourth-order valence-electron chi connectivity index (χ4n) is 3.52. The molecule has 1 heterocycles. The van der Waals surface area contributed by atoms with Crippen molar-refractivity contribution in [3.8, 4) is 28.5 Å². The number of aromatic nitrogens is 2. The molecule has 29 heavy (non-hydrogen) atoms. The van der Waals surface area contributed by atoms with E-state index in [0.717, 1.165) is 46.1 Å². The second-order valence-corrected chi connectivity index (χ2v) is 6.77. The molecule has 0 atom stereocenters. The summed E-state index contributed by atoms with van der Waals surface area (Å²) in [5.41, 5.74) is 5.24. The van der Waals surface area contributed by atoms with Crippen LogP contribution in [0.4, 0.5) is 11.5 Å². The average molecular weight is 395 g/mol. The van der Waals surface area contributed by atoms with E-state index in [1.807, 2.05) is 43.3 Å². The summed E-state index contributed by atoms with van der Waals surface area (Å²) in [6.45, 7) is 3.14. The number of aliphatic hydroxyl groups is 1. The van der Waals surface area contributed by atoms with Gasteiger partial charge in [0.05, 0.1) is 26.0 Å². The zero-order chi connectivity index (χ0) is 20.2. The third kappa shape index (κ3) is 3.86. The number of fused-ring (bicyclic) bond motifs is 3. The number of methoxy groups -OCH3 is 1. The summed E-state index contributed by atoms with van der Waals surface area (Å²) in [7, 11) is 1.63. The van der Waals surface area contributed by atoms with Crippen LogP contribution in [-0.2, 0) is 6.42 Å². The molecule has 0 fully saturated rings. The summed E-state index contributed by atoms with van der Waals surface area (Å²) in [4.78, 5) is 0. The number of anilines is 2. The lowest BCUT2D eigenvalue weighted by molar-refractivity contribution is 0.228. The number of H-pyrrole nitrogens is 1. The fraction of sp³-hybridized carbons (Fsp3) is 0.318. The van der Waals surface area contributed by atoms with Crippen LogP contribution in [0.3, 0.4) is 0 Å². The van der Waals surface area contributed by atoms with Crippen LogP contribution in [0.5, 0.6) is 17.2 Å². The molecule has 7 heteroatoms. The van der Waals surface area contributed by atoms with Gasteiger partial charge in [0, 0.05) is 42.3 Å². The Labute approximate surface area is 169 Å². The third-order valence-electron chi connectivity index (χ3n) is 4.86. The van der Waals surface area contributed by atoms with Crippen LogP contribution in [0.1, 0.15) is 24.5 Å². The lowest BCUT2D eigenvalue weighted by atomic mass is 10.1. The van der Waals surface area contributed by atoms with Crippen LogP contribution in [0.15, 0.2) is 36.4 Å². The number of aromatic amines is 1. The molecule has 1 aromatic heterocycles. The molecular weight excluding hydrogens is 370 g/mol. The van der Waals surface area contributed by atoms with Crippen LogP contribution >= 0.6 is 0 Å². The average Bonchev–Trinajstić information content (AvgIpc) is 3.27. The largest absolute Gasteiger partial charge is 0.494 e. The monoisotopic (exact) mass is 395 g/mol. The van der Waals surface area contributed by atoms with Crippen molar-refractivity contribution in [2.45, 2.75) is 19.8 Å². The number of hydrogen-bond donors (Lipinski definition) is 3. The van der Waals surface area contributed by atoms with Crippen molar-refractivity contribution in [1.82, 2.24) is 10.2 Å². The molecule has 0 bridgehead atoms. The van der Waals surface area contributed by atoms with Gasteiger partial charge in [-0.3, -0.25) is 5.10 Å². The Hall–Kier alpha value is -3.19. The summed E-state index contributed by atoms with van der Waals surface area (Å²) in [6, 6.07) is 11.8. The first-order valence-electron chi connectivity index (χ1n) is 9.75. The van der Waals surface area contributed by atoms with Gasteiger partial charge in [-0.2, -0.15) is 5.10 Å². The molecule has 152 valence electrons. The smallest absolute Gasteiger partial charge is 0.161 e. The number of nitrogens with one attached hydrogen (secondary N) is 2. The van der Waals surface area contributed by atoms with Crippen molar-refractivity contribution < 1.29 is 19.3 Å². The minimum Gasteiger partial charge on any atom is -0.494 e. The van der Waals surface area contributed by atoms with E-state index in [4.69, 9.17) is 19.3 Å². The SMILES string of the molecule is CCOc1cccc(Nc2n[nH]c3c2Cc2cc(OCCCO)c(OC)cc2-3)c1. The normalized spacial score (nSPS) is 11.7. The molecule has 0 saturated heterocycles. The molecule has 1 aliphatic rings. The molecule has 0 spiro atoms. The topological polar surface area (TPSA) is 88.6 Å². The first-order chi connectivity index (χ1) is 14.2. The molecule has 0 amide bonds. The second-order valence-electron chi connectivity index (χ2n) is 6.77. The zero-order valence-electron chi connectivity index (χ0n) is 16.6. The van der Waals surface area contributed by atoms with Gasteiger partial charge in [0.2, 0.25) is 0 Å². The number of nitrogens with zero attached hydrogens (tertiary/aromatic N) is 1. The van der Waals surface area contributed by atoms with Gasteiger partial charge in [0.1, 0.15) is 5.75 Å². The predicted octanol–water partition coefficient (Wildman–Crippen LogP) is 3.89. The van der Waals surface area contributed by atoms with E-state index >= 15 is 0 Å². The van der Waals surface area contributed by atoms with Crippen LogP contribution in [0.25, 0.3) is 11.3 Å². The molecule has 3 N–H and O–H groups in total. The summed E-state index contributed by atoms with van der Waals surface area (Å²) < 4.78 is 16.9. The minimum absolute atomic E-state index is 0.100. The van der Waals surface area contributed by atoms with Gasteiger partial charge >= 0.3 is 0 Å². The van der Waals surface area contributed by atoms with Crippen molar-refractivity contribution in [3.05, 3.63) is 47.5 Å². The van der Waals surface area contributed by atoms with Gasteiger partial charge in [0.15, 0.2) is 17.3 Å². The Morgan fingerprint density at radius 3 is 2.86 bits per heavy atom. The molecule has 0 saturated carbocycles. The predicted molar refractivity (Wildman–Crippen MR) is 111 cm³/mol. The lowest BCUT2D eigenvalue weighted by Crippen LogP contribution is -2.02. The fourth-order valence-corrected chi connectivity index (χ4v) is 3.52. The zero-order valence-corrected chi connectivity index (χ0v) is 16.6. The minimum atomic E-state index is 0.100. The highest BCUT2D eigenvalue weighted by Crippen LogP contribution is 2.44. The van der Waals surface area contributed by atoms with E-state index in [9.17, 15) is 0 Å². The maximum Gasteiger partial charge on any atom is 0.161 e. The Balaban J connectivity index is 1.59. The highest BCUT2D eigenvalue weighted by atomic mass is 16.5. The molecular formula is C22H25N3O4. The molecule has 0 unspecified atom stereocenters. The van der Waals surface area contributed by atoms with Gasteiger partial charge in [-0.05, 0) is 36.8 Å². The van der Waals surface area contributed by atoms with E-state index in [2.05, 4.69) is 15.5 Å². The Morgan fingerprint density at radius 2 is 2.07 bits per heavy atom. The molecule has 0 radical (unpaired) electrons. The summed E-state index contributed by atoms with van der Waals surface area (Å²) in [5, 5.41) is 20.0. The van der Waals surface area contributed by atoms with Crippen molar-refractivity contribution in [1.29, 1.82) is 0 Å². The van der Waals surface area contributed by atoms with Gasteiger partial charge in [-0.25, -0.2) is 0 Å². The van der Waals surface area contributed by atoms with Crippen LogP contribution < -0.4 is 19.5 Å².